The number of benzene rings is 1. The minimum atomic E-state index is -0.763. The number of halogens is 2. The van der Waals surface area contributed by atoms with Gasteiger partial charge in [-0.05, 0) is 63.0 Å². The Hall–Kier alpha value is -1.00. The van der Waals surface area contributed by atoms with E-state index in [4.69, 9.17) is 0 Å². The molecule has 0 spiro atoms. The molecular formula is C15H22F2N2. The van der Waals surface area contributed by atoms with Gasteiger partial charge in [0.25, 0.3) is 0 Å². The lowest BCUT2D eigenvalue weighted by Crippen LogP contribution is -2.29. The van der Waals surface area contributed by atoms with Crippen molar-refractivity contribution < 1.29 is 8.78 Å². The zero-order chi connectivity index (χ0) is 13.5. The van der Waals surface area contributed by atoms with Gasteiger partial charge in [-0.25, -0.2) is 8.78 Å². The van der Waals surface area contributed by atoms with E-state index >= 15 is 0 Å². The number of nitrogens with one attached hydrogen (secondary N) is 1. The largest absolute Gasteiger partial charge is 0.315 e. The normalized spacial score (nSPS) is 17.4. The number of aryl methyl sites for hydroxylation is 1. The Morgan fingerprint density at radius 3 is 2.79 bits per heavy atom. The van der Waals surface area contributed by atoms with E-state index in [1.807, 2.05) is 0 Å². The minimum absolute atomic E-state index is 0.740. The van der Waals surface area contributed by atoms with Gasteiger partial charge in [0.1, 0.15) is 0 Å². The van der Waals surface area contributed by atoms with Gasteiger partial charge in [0.2, 0.25) is 0 Å². The summed E-state index contributed by atoms with van der Waals surface area (Å²) in [5.74, 6) is -1.50. The van der Waals surface area contributed by atoms with Crippen molar-refractivity contribution in [3.63, 3.8) is 0 Å². The van der Waals surface area contributed by atoms with Crippen molar-refractivity contribution in [2.75, 3.05) is 32.7 Å². The molecule has 0 saturated carbocycles. The molecule has 2 rings (SSSR count). The summed E-state index contributed by atoms with van der Waals surface area (Å²) >= 11 is 0. The third-order valence-electron chi connectivity index (χ3n) is 3.61. The summed E-state index contributed by atoms with van der Waals surface area (Å²) in [5.41, 5.74) is 0.886. The lowest BCUT2D eigenvalue weighted by Gasteiger charge is -2.18. The Balaban J connectivity index is 1.67. The van der Waals surface area contributed by atoms with Crippen LogP contribution in [0.3, 0.4) is 0 Å². The topological polar surface area (TPSA) is 15.3 Å². The average Bonchev–Trinajstić information content (AvgIpc) is 2.67. The molecule has 1 aromatic rings. The van der Waals surface area contributed by atoms with Crippen LogP contribution in [-0.4, -0.2) is 37.6 Å². The van der Waals surface area contributed by atoms with E-state index in [0.29, 0.717) is 0 Å². The molecule has 4 heteroatoms. The first-order chi connectivity index (χ1) is 9.25. The maximum Gasteiger partial charge on any atom is 0.159 e. The first-order valence-electron chi connectivity index (χ1n) is 7.13. The quantitative estimate of drug-likeness (QED) is 0.826. The number of hydrogen-bond acceptors (Lipinski definition) is 2. The molecule has 19 heavy (non-hydrogen) atoms. The summed E-state index contributed by atoms with van der Waals surface area (Å²) in [6, 6.07) is 4.20. The molecule has 0 atom stereocenters. The zero-order valence-corrected chi connectivity index (χ0v) is 11.3. The van der Waals surface area contributed by atoms with Crippen LogP contribution in [-0.2, 0) is 6.42 Å². The molecule has 106 valence electrons. The van der Waals surface area contributed by atoms with Crippen molar-refractivity contribution in [3.05, 3.63) is 35.4 Å². The maximum absolute atomic E-state index is 13.0. The summed E-state index contributed by atoms with van der Waals surface area (Å²) in [4.78, 5) is 2.48. The number of nitrogens with zero attached hydrogens (tertiary/aromatic N) is 1. The van der Waals surface area contributed by atoms with Crippen LogP contribution in [0, 0.1) is 11.6 Å². The number of rotatable bonds is 5. The van der Waals surface area contributed by atoms with E-state index in [2.05, 4.69) is 10.2 Å². The van der Waals surface area contributed by atoms with Gasteiger partial charge >= 0.3 is 0 Å². The third-order valence-corrected chi connectivity index (χ3v) is 3.61. The zero-order valence-electron chi connectivity index (χ0n) is 11.3. The molecule has 0 bridgehead atoms. The molecule has 1 saturated heterocycles. The summed E-state index contributed by atoms with van der Waals surface area (Å²) in [6.45, 7) is 5.57. The third kappa shape index (κ3) is 4.88. The van der Waals surface area contributed by atoms with Crippen molar-refractivity contribution in [2.45, 2.75) is 25.7 Å². The van der Waals surface area contributed by atoms with E-state index in [1.165, 1.54) is 18.6 Å². The lowest BCUT2D eigenvalue weighted by atomic mass is 10.1. The average molecular weight is 268 g/mol. The molecule has 0 radical (unpaired) electrons. The Morgan fingerprint density at radius 2 is 1.95 bits per heavy atom. The first-order valence-corrected chi connectivity index (χ1v) is 7.13. The molecule has 1 heterocycles. The highest BCUT2D eigenvalue weighted by molar-refractivity contribution is 5.17. The van der Waals surface area contributed by atoms with Crippen LogP contribution in [0.2, 0.25) is 0 Å². The second-order valence-corrected chi connectivity index (χ2v) is 5.15. The number of unbranched alkanes of at least 4 members (excludes halogenated alkanes) is 1. The van der Waals surface area contributed by atoms with Crippen molar-refractivity contribution in [2.24, 2.45) is 0 Å². The highest BCUT2D eigenvalue weighted by atomic mass is 19.2. The van der Waals surface area contributed by atoms with Crippen LogP contribution in [0.1, 0.15) is 24.8 Å². The Morgan fingerprint density at radius 1 is 1.05 bits per heavy atom. The predicted molar refractivity (Wildman–Crippen MR) is 73.2 cm³/mol. The fraction of sp³-hybridized carbons (Fsp3) is 0.600. The molecule has 1 N–H and O–H groups in total. The van der Waals surface area contributed by atoms with Crippen LogP contribution >= 0.6 is 0 Å². The van der Waals surface area contributed by atoms with E-state index < -0.39 is 11.6 Å². The molecule has 1 aliphatic heterocycles. The highest BCUT2D eigenvalue weighted by Crippen LogP contribution is 2.11. The van der Waals surface area contributed by atoms with E-state index in [0.717, 1.165) is 57.5 Å². The fourth-order valence-corrected chi connectivity index (χ4v) is 2.48. The minimum Gasteiger partial charge on any atom is -0.315 e. The van der Waals surface area contributed by atoms with Gasteiger partial charge in [-0.2, -0.15) is 0 Å². The molecule has 0 unspecified atom stereocenters. The predicted octanol–water partition coefficient (Wildman–Crippen LogP) is 2.58. The lowest BCUT2D eigenvalue weighted by molar-refractivity contribution is 0.286. The van der Waals surface area contributed by atoms with Gasteiger partial charge < -0.3 is 10.2 Å². The first kappa shape index (κ1) is 14.4. The number of hydrogen-bond donors (Lipinski definition) is 1. The van der Waals surface area contributed by atoms with Crippen LogP contribution in [0.4, 0.5) is 8.78 Å². The second-order valence-electron chi connectivity index (χ2n) is 5.15. The highest BCUT2D eigenvalue weighted by Gasteiger charge is 2.08. The van der Waals surface area contributed by atoms with Crippen molar-refractivity contribution >= 4 is 0 Å². The van der Waals surface area contributed by atoms with Crippen LogP contribution in [0.25, 0.3) is 0 Å². The smallest absolute Gasteiger partial charge is 0.159 e. The molecule has 1 aliphatic rings. The molecule has 0 aliphatic carbocycles. The second kappa shape index (κ2) is 7.56. The molecule has 0 aromatic heterocycles. The SMILES string of the molecule is Fc1ccc(CCCCN2CCCNCC2)cc1F. The monoisotopic (exact) mass is 268 g/mol. The van der Waals surface area contributed by atoms with Gasteiger partial charge in [-0.1, -0.05) is 6.07 Å². The molecule has 2 nitrogen and oxygen atoms in total. The summed E-state index contributed by atoms with van der Waals surface area (Å²) in [5, 5.41) is 3.39. The Kier molecular flexibility index (Phi) is 5.73. The Bertz CT molecular complexity index is 388. The van der Waals surface area contributed by atoms with Crippen molar-refractivity contribution in [3.8, 4) is 0 Å². The van der Waals surface area contributed by atoms with Gasteiger partial charge in [0, 0.05) is 13.1 Å². The molecule has 1 fully saturated rings. The molecule has 1 aromatic carbocycles. The van der Waals surface area contributed by atoms with Crippen LogP contribution < -0.4 is 5.32 Å². The van der Waals surface area contributed by atoms with E-state index in [-0.39, 0.29) is 0 Å². The van der Waals surface area contributed by atoms with Crippen LogP contribution in [0.5, 0.6) is 0 Å². The maximum atomic E-state index is 13.0. The van der Waals surface area contributed by atoms with Gasteiger partial charge in [-0.3, -0.25) is 0 Å². The summed E-state index contributed by atoms with van der Waals surface area (Å²) in [6.07, 6.45) is 4.17. The molecular weight excluding hydrogens is 246 g/mol. The van der Waals surface area contributed by atoms with Gasteiger partial charge in [0.05, 0.1) is 0 Å². The van der Waals surface area contributed by atoms with Crippen molar-refractivity contribution in [1.29, 1.82) is 0 Å². The Labute approximate surface area is 113 Å². The van der Waals surface area contributed by atoms with Gasteiger partial charge in [-0.15, -0.1) is 0 Å². The fourth-order valence-electron chi connectivity index (χ4n) is 2.48. The van der Waals surface area contributed by atoms with Crippen LogP contribution in [0.15, 0.2) is 18.2 Å². The van der Waals surface area contributed by atoms with Crippen molar-refractivity contribution in [1.82, 2.24) is 10.2 Å². The van der Waals surface area contributed by atoms with E-state index in [1.54, 1.807) is 6.07 Å². The summed E-state index contributed by atoms with van der Waals surface area (Å²) < 4.78 is 25.8. The standard InChI is InChI=1S/C15H22F2N2/c16-14-6-5-13(12-15(14)17)4-1-2-9-19-10-3-7-18-8-11-19/h5-6,12,18H,1-4,7-11H2. The van der Waals surface area contributed by atoms with E-state index in [9.17, 15) is 8.78 Å². The van der Waals surface area contributed by atoms with Gasteiger partial charge in [0.15, 0.2) is 11.6 Å². The molecule has 0 amide bonds. The summed E-state index contributed by atoms with van der Waals surface area (Å²) in [7, 11) is 0.